The summed E-state index contributed by atoms with van der Waals surface area (Å²) < 4.78 is 0. The molecule has 1 aromatic carbocycles. The van der Waals surface area contributed by atoms with Gasteiger partial charge in [0.25, 0.3) is 0 Å². The highest BCUT2D eigenvalue weighted by atomic mass is 35.5. The molecule has 0 radical (unpaired) electrons. The van der Waals surface area contributed by atoms with Crippen LogP contribution in [0.2, 0.25) is 5.02 Å². The molecule has 0 heterocycles. The smallest absolute Gasteiger partial charge is 0.186 e. The van der Waals surface area contributed by atoms with Crippen molar-refractivity contribution in [2.45, 2.75) is 6.92 Å². The Labute approximate surface area is 97.6 Å². The standard InChI is InChI=1S/C11H9ClO2S/c1-8(13)15-6-2-3-9-7-10(12)4-5-11(9)14/h4-5,7,14H,6H2,1H3. The third-order valence-electron chi connectivity index (χ3n) is 1.53. The van der Waals surface area contributed by atoms with Crippen molar-refractivity contribution in [3.63, 3.8) is 0 Å². The number of carbonyl (C=O) groups excluding carboxylic acids is 1. The summed E-state index contributed by atoms with van der Waals surface area (Å²) in [5.74, 6) is 6.04. The summed E-state index contributed by atoms with van der Waals surface area (Å²) in [6.07, 6.45) is 0. The van der Waals surface area contributed by atoms with Crippen LogP contribution in [0.15, 0.2) is 18.2 Å². The first-order valence-corrected chi connectivity index (χ1v) is 5.56. The van der Waals surface area contributed by atoms with Crippen LogP contribution in [0.1, 0.15) is 12.5 Å². The van der Waals surface area contributed by atoms with Crippen molar-refractivity contribution in [2.24, 2.45) is 0 Å². The van der Waals surface area contributed by atoms with E-state index in [1.807, 2.05) is 0 Å². The van der Waals surface area contributed by atoms with Crippen molar-refractivity contribution < 1.29 is 9.90 Å². The fourth-order valence-corrected chi connectivity index (χ4v) is 1.40. The first kappa shape index (κ1) is 12.0. The van der Waals surface area contributed by atoms with Crippen molar-refractivity contribution in [2.75, 3.05) is 5.75 Å². The molecule has 0 aromatic heterocycles. The Morgan fingerprint density at radius 2 is 2.33 bits per heavy atom. The second kappa shape index (κ2) is 5.69. The summed E-state index contributed by atoms with van der Waals surface area (Å²) in [4.78, 5) is 10.6. The van der Waals surface area contributed by atoms with Gasteiger partial charge in [-0.15, -0.1) is 0 Å². The van der Waals surface area contributed by atoms with E-state index in [1.165, 1.54) is 13.0 Å². The molecule has 0 aliphatic heterocycles. The Bertz CT molecular complexity index is 432. The first-order chi connectivity index (χ1) is 7.09. The fourth-order valence-electron chi connectivity index (χ4n) is 0.877. The van der Waals surface area contributed by atoms with Crippen LogP contribution in [0.3, 0.4) is 0 Å². The van der Waals surface area contributed by atoms with Crippen LogP contribution < -0.4 is 0 Å². The van der Waals surface area contributed by atoms with Gasteiger partial charge in [0.1, 0.15) is 5.75 Å². The highest BCUT2D eigenvalue weighted by Gasteiger charge is 1.97. The zero-order chi connectivity index (χ0) is 11.3. The first-order valence-electron chi connectivity index (χ1n) is 4.20. The number of phenols is 1. The number of rotatable bonds is 1. The lowest BCUT2D eigenvalue weighted by atomic mass is 10.2. The molecule has 78 valence electrons. The van der Waals surface area contributed by atoms with E-state index < -0.39 is 0 Å². The molecule has 0 atom stereocenters. The van der Waals surface area contributed by atoms with Gasteiger partial charge in [-0.25, -0.2) is 0 Å². The second-order valence-electron chi connectivity index (χ2n) is 2.74. The van der Waals surface area contributed by atoms with E-state index in [4.69, 9.17) is 11.6 Å². The Balaban J connectivity index is 2.71. The molecule has 0 spiro atoms. The fraction of sp³-hybridized carbons (Fsp3) is 0.182. The van der Waals surface area contributed by atoms with Gasteiger partial charge in [0.05, 0.1) is 11.3 Å². The van der Waals surface area contributed by atoms with Gasteiger partial charge in [-0.05, 0) is 18.2 Å². The van der Waals surface area contributed by atoms with E-state index in [2.05, 4.69) is 11.8 Å². The minimum absolute atomic E-state index is 0.0274. The maximum absolute atomic E-state index is 10.6. The monoisotopic (exact) mass is 240 g/mol. The Morgan fingerprint density at radius 3 is 3.00 bits per heavy atom. The maximum Gasteiger partial charge on any atom is 0.186 e. The minimum Gasteiger partial charge on any atom is -0.507 e. The largest absolute Gasteiger partial charge is 0.507 e. The maximum atomic E-state index is 10.6. The number of hydrogen-bond donors (Lipinski definition) is 1. The van der Waals surface area contributed by atoms with Crippen LogP contribution in [-0.2, 0) is 4.79 Å². The van der Waals surface area contributed by atoms with E-state index in [9.17, 15) is 9.90 Å². The van der Waals surface area contributed by atoms with Crippen LogP contribution in [0.5, 0.6) is 5.75 Å². The molecule has 0 saturated carbocycles. The average Bonchev–Trinajstić information content (AvgIpc) is 2.17. The summed E-state index contributed by atoms with van der Waals surface area (Å²) in [6, 6.07) is 4.67. The van der Waals surface area contributed by atoms with Crippen LogP contribution in [0, 0.1) is 11.8 Å². The van der Waals surface area contributed by atoms with Crippen molar-refractivity contribution in [3.8, 4) is 17.6 Å². The molecular weight excluding hydrogens is 232 g/mol. The highest BCUT2D eigenvalue weighted by molar-refractivity contribution is 8.13. The molecular formula is C11H9ClO2S. The normalized spacial score (nSPS) is 9.20. The molecule has 1 N–H and O–H groups in total. The number of carbonyl (C=O) groups is 1. The van der Waals surface area contributed by atoms with Crippen LogP contribution in [-0.4, -0.2) is 16.0 Å². The lowest BCUT2D eigenvalue weighted by molar-refractivity contribution is -0.109. The molecule has 1 aromatic rings. The summed E-state index contributed by atoms with van der Waals surface area (Å²) in [5, 5.41) is 9.96. The molecule has 15 heavy (non-hydrogen) atoms. The lowest BCUT2D eigenvalue weighted by Gasteiger charge is -1.96. The molecule has 2 nitrogen and oxygen atoms in total. The summed E-state index contributed by atoms with van der Waals surface area (Å²) >= 11 is 6.88. The van der Waals surface area contributed by atoms with Crippen molar-refractivity contribution in [3.05, 3.63) is 28.8 Å². The number of halogens is 1. The lowest BCUT2D eigenvalue weighted by Crippen LogP contribution is -1.82. The predicted molar refractivity (Wildman–Crippen MR) is 63.1 cm³/mol. The van der Waals surface area contributed by atoms with Crippen LogP contribution >= 0.6 is 23.4 Å². The van der Waals surface area contributed by atoms with Gasteiger partial charge in [0.15, 0.2) is 5.12 Å². The Kier molecular flexibility index (Phi) is 4.54. The number of thioether (sulfide) groups is 1. The van der Waals surface area contributed by atoms with Crippen molar-refractivity contribution in [1.29, 1.82) is 0 Å². The third kappa shape index (κ3) is 4.28. The second-order valence-corrected chi connectivity index (χ2v) is 4.33. The molecule has 0 unspecified atom stereocenters. The van der Waals surface area contributed by atoms with E-state index >= 15 is 0 Å². The third-order valence-corrected chi connectivity index (χ3v) is 2.46. The Morgan fingerprint density at radius 1 is 1.60 bits per heavy atom. The highest BCUT2D eigenvalue weighted by Crippen LogP contribution is 2.20. The molecule has 0 saturated heterocycles. The van der Waals surface area contributed by atoms with Gasteiger partial charge in [-0.3, -0.25) is 4.79 Å². The van der Waals surface area contributed by atoms with E-state index in [0.29, 0.717) is 16.3 Å². The SMILES string of the molecule is CC(=O)SCC#Cc1cc(Cl)ccc1O. The average molecular weight is 241 g/mol. The van der Waals surface area contributed by atoms with E-state index in [1.54, 1.807) is 12.1 Å². The van der Waals surface area contributed by atoms with Gasteiger partial charge < -0.3 is 5.11 Å². The van der Waals surface area contributed by atoms with Crippen molar-refractivity contribution in [1.82, 2.24) is 0 Å². The molecule has 0 amide bonds. The molecule has 0 fully saturated rings. The van der Waals surface area contributed by atoms with Crippen LogP contribution in [0.4, 0.5) is 0 Å². The summed E-state index contributed by atoms with van der Waals surface area (Å²) in [7, 11) is 0. The summed E-state index contributed by atoms with van der Waals surface area (Å²) in [6.45, 7) is 1.49. The number of aromatic hydroxyl groups is 1. The van der Waals surface area contributed by atoms with E-state index in [0.717, 1.165) is 11.8 Å². The Hall–Kier alpha value is -1.11. The van der Waals surface area contributed by atoms with Crippen molar-refractivity contribution >= 4 is 28.5 Å². The number of hydrogen-bond acceptors (Lipinski definition) is 3. The van der Waals surface area contributed by atoms with Gasteiger partial charge >= 0.3 is 0 Å². The zero-order valence-corrected chi connectivity index (χ0v) is 9.65. The quantitative estimate of drug-likeness (QED) is 0.767. The molecule has 0 aliphatic carbocycles. The van der Waals surface area contributed by atoms with Gasteiger partial charge in [0, 0.05) is 11.9 Å². The minimum atomic E-state index is 0.0274. The number of benzene rings is 1. The molecule has 1 rings (SSSR count). The molecule has 0 aliphatic rings. The summed E-state index contributed by atoms with van der Waals surface area (Å²) in [5.41, 5.74) is 0.478. The molecule has 4 heteroatoms. The molecule has 0 bridgehead atoms. The van der Waals surface area contributed by atoms with Gasteiger partial charge in [0.2, 0.25) is 0 Å². The van der Waals surface area contributed by atoms with Crippen LogP contribution in [0.25, 0.3) is 0 Å². The van der Waals surface area contributed by atoms with Gasteiger partial charge in [-0.2, -0.15) is 0 Å². The van der Waals surface area contributed by atoms with Gasteiger partial charge in [-0.1, -0.05) is 35.2 Å². The number of phenolic OH excluding ortho intramolecular Hbond substituents is 1. The van der Waals surface area contributed by atoms with E-state index in [-0.39, 0.29) is 10.9 Å². The topological polar surface area (TPSA) is 37.3 Å². The zero-order valence-electron chi connectivity index (χ0n) is 8.08. The predicted octanol–water partition coefficient (Wildman–Crippen LogP) is 2.68.